The quantitative estimate of drug-likeness (QED) is 0.0211. The Bertz CT molecular complexity index is 2300. The van der Waals surface area contributed by atoms with E-state index in [0.717, 1.165) is 25.2 Å². The maximum absolute atomic E-state index is 14.4. The molecule has 2 atom stereocenters. The number of nitrogens with zero attached hydrogens (tertiary/aromatic N) is 3. The molecule has 24 heteroatoms. The second kappa shape index (κ2) is 24.5. The molecule has 2 unspecified atom stereocenters. The Labute approximate surface area is 388 Å². The van der Waals surface area contributed by atoms with Crippen LogP contribution in [-0.4, -0.2) is 90.2 Å². The van der Waals surface area contributed by atoms with Crippen molar-refractivity contribution in [3.63, 3.8) is 0 Å². The maximum atomic E-state index is 14.4. The number of aliphatic imine (C=N–C) groups is 1. The van der Waals surface area contributed by atoms with Gasteiger partial charge in [-0.05, 0) is 82.8 Å². The number of nitrogens with two attached hydrogens (primary N) is 2. The topological polar surface area (TPSA) is 273 Å². The molecule has 2 aromatic carbocycles. The van der Waals surface area contributed by atoms with Crippen molar-refractivity contribution >= 4 is 58.0 Å². The summed E-state index contributed by atoms with van der Waals surface area (Å²) in [6.07, 6.45) is -4.86. The molecular formula is C44H56F6N12O6. The second-order valence-corrected chi connectivity index (χ2v) is 16.3. The minimum absolute atomic E-state index is 0.0330. The highest BCUT2D eigenvalue weighted by Gasteiger charge is 2.36. The average molecular weight is 963 g/mol. The lowest BCUT2D eigenvalue weighted by Crippen LogP contribution is -2.24. The van der Waals surface area contributed by atoms with Gasteiger partial charge < -0.3 is 52.8 Å². The molecule has 5 rings (SSSR count). The first kappa shape index (κ1) is 52.4. The molecule has 2 aliphatic heterocycles. The zero-order chi connectivity index (χ0) is 49.4. The number of benzene rings is 2. The summed E-state index contributed by atoms with van der Waals surface area (Å²) in [4.78, 5) is 65.6. The molecule has 1 aromatic heterocycles. The van der Waals surface area contributed by atoms with E-state index in [-0.39, 0.29) is 41.6 Å². The largest absolute Gasteiger partial charge is 0.485 e. The smallest absolute Gasteiger partial charge is 0.416 e. The standard InChI is InChI=1S/C44H56F6N12O6/c1-25(51)56-14-8-7-11-38(64)60-31-18-27(44(48,49)50)20-33(40(31)68-29-13-16-55-23-29)62-42(66)35-21-34(57-24-58-35)41(65)61-32-19-26(43(45,46)47)17-30(39(32)67-28-12-15-54-22-28)59-37(63)10-6-4-2-3-5-9-36(52)53/h17-21,24,28-29,54-55H,2-16,22-23H2,1H3,(H2,51,56)(H3,52,53)(H,59,63)(H,60,64)(H,61,65)(H,62,66). The van der Waals surface area contributed by atoms with Crippen LogP contribution in [0.25, 0.3) is 0 Å². The fourth-order valence-electron chi connectivity index (χ4n) is 7.19. The number of halogens is 6. The van der Waals surface area contributed by atoms with E-state index >= 15 is 0 Å². The summed E-state index contributed by atoms with van der Waals surface area (Å²) in [7, 11) is 0. The van der Waals surface area contributed by atoms with Crippen LogP contribution in [0.4, 0.5) is 49.1 Å². The van der Waals surface area contributed by atoms with Gasteiger partial charge in [0, 0.05) is 45.0 Å². The van der Waals surface area contributed by atoms with E-state index in [1.165, 1.54) is 0 Å². The van der Waals surface area contributed by atoms with Crippen molar-refractivity contribution < 1.29 is 55.0 Å². The summed E-state index contributed by atoms with van der Waals surface area (Å²) in [6, 6.07) is 3.51. The van der Waals surface area contributed by atoms with E-state index in [2.05, 4.69) is 46.9 Å². The number of rotatable bonds is 23. The third-order valence-corrected chi connectivity index (χ3v) is 10.6. The average Bonchev–Trinajstić information content (AvgIpc) is 3.99. The maximum Gasteiger partial charge on any atom is 0.416 e. The number of unbranched alkanes of at least 4 members (excludes halogenated alkanes) is 5. The number of hydrogen-bond acceptors (Lipinski definition) is 12. The number of ether oxygens (including phenoxy) is 2. The summed E-state index contributed by atoms with van der Waals surface area (Å²) in [5.74, 6) is -3.61. The highest BCUT2D eigenvalue weighted by Crippen LogP contribution is 2.43. The zero-order valence-corrected chi connectivity index (χ0v) is 37.4. The van der Waals surface area contributed by atoms with Crippen molar-refractivity contribution in [3.8, 4) is 11.5 Å². The molecule has 0 bridgehead atoms. The Morgan fingerprint density at radius 3 is 1.47 bits per heavy atom. The summed E-state index contributed by atoms with van der Waals surface area (Å²) in [5, 5.41) is 23.2. The number of hydrogen-bond donors (Lipinski definition) is 9. The summed E-state index contributed by atoms with van der Waals surface area (Å²) >= 11 is 0. The molecule has 68 heavy (non-hydrogen) atoms. The zero-order valence-electron chi connectivity index (χ0n) is 37.4. The molecule has 2 saturated heterocycles. The van der Waals surface area contributed by atoms with Gasteiger partial charge in [-0.15, -0.1) is 0 Å². The van der Waals surface area contributed by atoms with E-state index in [4.69, 9.17) is 26.4 Å². The number of carbonyl (C=O) groups is 4. The molecule has 0 radical (unpaired) electrons. The first-order valence-electron chi connectivity index (χ1n) is 22.2. The van der Waals surface area contributed by atoms with Crippen molar-refractivity contribution in [2.75, 3.05) is 54.0 Å². The van der Waals surface area contributed by atoms with Crippen LogP contribution < -0.4 is 52.8 Å². The summed E-state index contributed by atoms with van der Waals surface area (Å²) in [6.45, 7) is 3.63. The van der Waals surface area contributed by atoms with E-state index in [1.54, 1.807) is 6.92 Å². The van der Waals surface area contributed by atoms with Crippen LogP contribution >= 0.6 is 0 Å². The van der Waals surface area contributed by atoms with Gasteiger partial charge in [0.15, 0.2) is 11.5 Å². The third-order valence-electron chi connectivity index (χ3n) is 10.6. The molecule has 4 amide bonds. The molecule has 3 aromatic rings. The van der Waals surface area contributed by atoms with Crippen LogP contribution in [0.1, 0.15) is 116 Å². The van der Waals surface area contributed by atoms with Crippen LogP contribution in [0.3, 0.4) is 0 Å². The van der Waals surface area contributed by atoms with Crippen molar-refractivity contribution in [2.24, 2.45) is 16.5 Å². The third kappa shape index (κ3) is 16.3. The molecule has 2 aliphatic rings. The SMILES string of the molecule is CC(N)=NCCCCC(=O)Nc1cc(C(F)(F)F)cc(NC(=O)c2cc(C(=O)Nc3cc(C(F)(F)F)cc(NC(=O)CCCCCCCC(=N)N)c3OC3CCNC3)ncn2)c1OC1CCNC1. The van der Waals surface area contributed by atoms with Crippen molar-refractivity contribution in [3.05, 3.63) is 59.2 Å². The lowest BCUT2D eigenvalue weighted by molar-refractivity contribution is -0.138. The van der Waals surface area contributed by atoms with Gasteiger partial charge >= 0.3 is 12.4 Å². The Hall–Kier alpha value is -6.56. The predicted molar refractivity (Wildman–Crippen MR) is 242 cm³/mol. The van der Waals surface area contributed by atoms with Gasteiger partial charge in [-0.3, -0.25) is 29.6 Å². The van der Waals surface area contributed by atoms with Gasteiger partial charge in [-0.25, -0.2) is 9.97 Å². The van der Waals surface area contributed by atoms with Crippen molar-refractivity contribution in [1.29, 1.82) is 5.41 Å². The molecule has 370 valence electrons. The number of anilines is 4. The fraction of sp³-hybridized carbons (Fsp3) is 0.500. The molecule has 3 heterocycles. The number of alkyl halides is 6. The lowest BCUT2D eigenvalue weighted by atomic mass is 10.1. The minimum Gasteiger partial charge on any atom is -0.485 e. The van der Waals surface area contributed by atoms with E-state index in [1.807, 2.05) is 0 Å². The Kier molecular flexibility index (Phi) is 18.9. The number of amides is 4. The second-order valence-electron chi connectivity index (χ2n) is 16.3. The summed E-state index contributed by atoms with van der Waals surface area (Å²) < 4.78 is 98.2. The normalized spacial score (nSPS) is 16.2. The molecule has 2 fully saturated rings. The highest BCUT2D eigenvalue weighted by atomic mass is 19.4. The van der Waals surface area contributed by atoms with Crippen LogP contribution in [0.2, 0.25) is 0 Å². The lowest BCUT2D eigenvalue weighted by Gasteiger charge is -2.22. The van der Waals surface area contributed by atoms with Gasteiger partial charge in [0.1, 0.15) is 29.9 Å². The summed E-state index contributed by atoms with van der Waals surface area (Å²) in [5.41, 5.74) is 5.68. The number of aromatic nitrogens is 2. The molecular weight excluding hydrogens is 907 g/mol. The van der Waals surface area contributed by atoms with Gasteiger partial charge in [0.05, 0.1) is 45.5 Å². The first-order chi connectivity index (χ1) is 32.3. The fourth-order valence-corrected chi connectivity index (χ4v) is 7.19. The van der Waals surface area contributed by atoms with Crippen LogP contribution in [0, 0.1) is 5.41 Å². The van der Waals surface area contributed by atoms with E-state index < -0.39 is 82.1 Å². The van der Waals surface area contributed by atoms with Crippen molar-refractivity contribution in [2.45, 2.75) is 109 Å². The van der Waals surface area contributed by atoms with E-state index in [9.17, 15) is 45.5 Å². The van der Waals surface area contributed by atoms with Gasteiger partial charge in [-0.2, -0.15) is 26.3 Å². The Balaban J connectivity index is 1.40. The molecule has 0 aliphatic carbocycles. The molecule has 11 N–H and O–H groups in total. The molecule has 0 saturated carbocycles. The van der Waals surface area contributed by atoms with Crippen LogP contribution in [0.5, 0.6) is 11.5 Å². The molecule has 18 nitrogen and oxygen atoms in total. The number of nitrogens with one attached hydrogen (secondary N) is 7. The Morgan fingerprint density at radius 1 is 0.662 bits per heavy atom. The van der Waals surface area contributed by atoms with Crippen LogP contribution in [-0.2, 0) is 21.9 Å². The number of amidine groups is 2. The Morgan fingerprint density at radius 2 is 1.07 bits per heavy atom. The van der Waals surface area contributed by atoms with Crippen LogP contribution in [0.15, 0.2) is 41.7 Å². The van der Waals surface area contributed by atoms with Crippen molar-refractivity contribution in [1.82, 2.24) is 20.6 Å². The van der Waals surface area contributed by atoms with E-state index in [0.29, 0.717) is 114 Å². The predicted octanol–water partition coefficient (Wildman–Crippen LogP) is 6.59. The van der Waals surface area contributed by atoms with Gasteiger partial charge in [-0.1, -0.05) is 19.3 Å². The molecule has 0 spiro atoms. The first-order valence-corrected chi connectivity index (χ1v) is 22.2. The van der Waals surface area contributed by atoms with Gasteiger partial charge in [0.2, 0.25) is 11.8 Å². The number of carbonyl (C=O) groups excluding carboxylic acids is 4. The monoisotopic (exact) mass is 962 g/mol. The minimum atomic E-state index is -4.95. The highest BCUT2D eigenvalue weighted by molar-refractivity contribution is 6.09. The van der Waals surface area contributed by atoms with Gasteiger partial charge in [0.25, 0.3) is 11.8 Å².